The zero-order chi connectivity index (χ0) is 37.2. The molecule has 4 heterocycles. The fraction of sp³-hybridized carbons (Fsp3) is 0.412. The number of morpholine rings is 1. The highest BCUT2D eigenvalue weighted by molar-refractivity contribution is 7.93. The molecule has 1 N–H and O–H groups in total. The molecule has 0 unspecified atom stereocenters. The molecule has 4 aromatic rings. The number of rotatable bonds is 10. The molecule has 278 valence electrons. The zero-order valence-corrected chi connectivity index (χ0v) is 29.0. The van der Waals surface area contributed by atoms with E-state index in [2.05, 4.69) is 14.9 Å². The molecule has 0 atom stereocenters. The van der Waals surface area contributed by atoms with Crippen molar-refractivity contribution in [3.8, 4) is 17.1 Å². The molecule has 2 aromatic heterocycles. The number of hydrogen-bond donors (Lipinski definition) is 1. The number of esters is 1. The lowest BCUT2D eigenvalue weighted by atomic mass is 9.88. The van der Waals surface area contributed by atoms with Crippen LogP contribution in [0.2, 0.25) is 0 Å². The van der Waals surface area contributed by atoms with Crippen LogP contribution in [0.1, 0.15) is 47.2 Å². The van der Waals surface area contributed by atoms with E-state index in [9.17, 15) is 26.4 Å². The average molecular weight is 751 g/mol. The third-order valence-electron chi connectivity index (χ3n) is 8.93. The summed E-state index contributed by atoms with van der Waals surface area (Å²) in [5, 5.41) is 0.224. The van der Waals surface area contributed by atoms with Crippen LogP contribution >= 0.6 is 0 Å². The van der Waals surface area contributed by atoms with E-state index < -0.39 is 44.7 Å². The van der Waals surface area contributed by atoms with Crippen LogP contribution in [0.3, 0.4) is 0 Å². The topological polar surface area (TPSA) is 136 Å². The summed E-state index contributed by atoms with van der Waals surface area (Å²) in [7, 11) is -4.72. The lowest BCUT2D eigenvalue weighted by molar-refractivity contribution is -0.0429. The standard InChI is InChI=1S/C34H35F5N6O6S/c1-3-51-32(46)21-4-5-25(27(36)15-21)20-6-8-44(9-7-20)19-23-14-24(35)17-26-29(41-33(42-30(23)26)45-10-12-50-13-11-45)22-16-28(31(49-2)40-18-22)43-52(47,48)34(37,38)39/h4-5,14-18,20,43H,3,6-13,19H2,1-2H3. The number of pyridine rings is 1. The van der Waals surface area contributed by atoms with Gasteiger partial charge in [0.25, 0.3) is 0 Å². The van der Waals surface area contributed by atoms with Crippen LogP contribution in [0.5, 0.6) is 5.88 Å². The molecule has 2 fully saturated rings. The third-order valence-corrected chi connectivity index (χ3v) is 10.0. The Morgan fingerprint density at radius 2 is 1.77 bits per heavy atom. The van der Waals surface area contributed by atoms with Gasteiger partial charge in [-0.15, -0.1) is 0 Å². The minimum Gasteiger partial charge on any atom is -0.480 e. The van der Waals surface area contributed by atoms with Crippen molar-refractivity contribution in [2.75, 3.05) is 62.7 Å². The van der Waals surface area contributed by atoms with Gasteiger partial charge in [-0.1, -0.05) is 6.07 Å². The van der Waals surface area contributed by atoms with Gasteiger partial charge < -0.3 is 19.1 Å². The number of carbonyl (C=O) groups excluding carboxylic acids is 1. The number of anilines is 2. The number of hydrogen-bond acceptors (Lipinski definition) is 11. The summed E-state index contributed by atoms with van der Waals surface area (Å²) in [5.74, 6) is -1.97. The maximum Gasteiger partial charge on any atom is 0.516 e. The summed E-state index contributed by atoms with van der Waals surface area (Å²) in [4.78, 5) is 29.5. The van der Waals surface area contributed by atoms with Crippen molar-refractivity contribution in [2.45, 2.75) is 37.7 Å². The van der Waals surface area contributed by atoms with E-state index in [-0.39, 0.29) is 47.2 Å². The molecule has 2 saturated heterocycles. The minimum absolute atomic E-state index is 0.0796. The first-order valence-electron chi connectivity index (χ1n) is 16.4. The number of sulfonamides is 1. The Hall–Kier alpha value is -4.68. The SMILES string of the molecule is CCOC(=O)c1ccc(C2CCN(Cc3cc(F)cc4c(-c5cnc(OC)c(NS(=O)(=O)C(F)(F)F)c5)nc(N5CCOCC5)nc34)CC2)c(F)c1. The van der Waals surface area contributed by atoms with Crippen molar-refractivity contribution in [1.82, 2.24) is 19.9 Å². The van der Waals surface area contributed by atoms with Crippen molar-refractivity contribution in [3.05, 3.63) is 70.9 Å². The van der Waals surface area contributed by atoms with Crippen molar-refractivity contribution >= 4 is 38.5 Å². The molecule has 2 aromatic carbocycles. The number of aromatic nitrogens is 3. The molecule has 12 nitrogen and oxygen atoms in total. The van der Waals surface area contributed by atoms with Crippen LogP contribution in [0, 0.1) is 11.6 Å². The van der Waals surface area contributed by atoms with Gasteiger partial charge in [0.2, 0.25) is 11.8 Å². The maximum absolute atomic E-state index is 15.4. The molecule has 2 aliphatic heterocycles. The van der Waals surface area contributed by atoms with E-state index in [1.165, 1.54) is 29.1 Å². The van der Waals surface area contributed by atoms with Gasteiger partial charge in [-0.05, 0) is 80.2 Å². The number of likely N-dealkylation sites (tertiary alicyclic amines) is 1. The van der Waals surface area contributed by atoms with Gasteiger partial charge in [-0.25, -0.2) is 28.5 Å². The Morgan fingerprint density at radius 3 is 2.42 bits per heavy atom. The van der Waals surface area contributed by atoms with Crippen LogP contribution in [0.15, 0.2) is 42.6 Å². The molecule has 2 aliphatic rings. The predicted octanol–water partition coefficient (Wildman–Crippen LogP) is 5.63. The number of methoxy groups -OCH3 is 1. The first-order valence-corrected chi connectivity index (χ1v) is 17.9. The highest BCUT2D eigenvalue weighted by atomic mass is 32.2. The molecule has 0 bridgehead atoms. The lowest BCUT2D eigenvalue weighted by Gasteiger charge is -2.32. The first-order chi connectivity index (χ1) is 24.8. The van der Waals surface area contributed by atoms with Crippen LogP contribution in [0.4, 0.5) is 33.6 Å². The van der Waals surface area contributed by atoms with Crippen LogP contribution in [-0.4, -0.2) is 92.9 Å². The first kappa shape index (κ1) is 37.1. The summed E-state index contributed by atoms with van der Waals surface area (Å²) >= 11 is 0. The van der Waals surface area contributed by atoms with E-state index >= 15 is 8.78 Å². The monoisotopic (exact) mass is 750 g/mol. The van der Waals surface area contributed by atoms with Crippen LogP contribution < -0.4 is 14.4 Å². The van der Waals surface area contributed by atoms with E-state index in [4.69, 9.17) is 19.2 Å². The smallest absolute Gasteiger partial charge is 0.480 e. The molecule has 52 heavy (non-hydrogen) atoms. The quantitative estimate of drug-likeness (QED) is 0.160. The van der Waals surface area contributed by atoms with E-state index in [0.717, 1.165) is 13.2 Å². The summed E-state index contributed by atoms with van der Waals surface area (Å²) < 4.78 is 111. The van der Waals surface area contributed by atoms with Gasteiger partial charge in [0.05, 0.1) is 43.7 Å². The second kappa shape index (κ2) is 15.1. The largest absolute Gasteiger partial charge is 0.516 e. The summed E-state index contributed by atoms with van der Waals surface area (Å²) in [5.41, 5.74) is -4.49. The second-order valence-corrected chi connectivity index (χ2v) is 13.9. The van der Waals surface area contributed by atoms with E-state index in [0.29, 0.717) is 68.9 Å². The fourth-order valence-corrected chi connectivity index (χ4v) is 6.91. The van der Waals surface area contributed by atoms with Gasteiger partial charge in [-0.3, -0.25) is 9.62 Å². The van der Waals surface area contributed by atoms with E-state index in [1.807, 2.05) is 4.90 Å². The number of halogens is 5. The number of alkyl halides is 3. The normalized spacial score (nSPS) is 16.2. The van der Waals surface area contributed by atoms with Crippen molar-refractivity contribution < 1.29 is 49.4 Å². The molecular weight excluding hydrogens is 715 g/mol. The maximum atomic E-state index is 15.4. The minimum atomic E-state index is -5.84. The van der Waals surface area contributed by atoms with Crippen LogP contribution in [0.25, 0.3) is 22.2 Å². The van der Waals surface area contributed by atoms with Crippen molar-refractivity contribution in [2.24, 2.45) is 0 Å². The number of ether oxygens (including phenoxy) is 3. The third kappa shape index (κ3) is 7.88. The number of nitrogens with one attached hydrogen (secondary N) is 1. The van der Waals surface area contributed by atoms with Gasteiger partial charge in [0.15, 0.2) is 0 Å². The highest BCUT2D eigenvalue weighted by Crippen LogP contribution is 2.37. The zero-order valence-electron chi connectivity index (χ0n) is 28.2. The van der Waals surface area contributed by atoms with E-state index in [1.54, 1.807) is 19.1 Å². The van der Waals surface area contributed by atoms with Crippen molar-refractivity contribution in [1.29, 1.82) is 0 Å². The Kier molecular flexibility index (Phi) is 10.8. The second-order valence-electron chi connectivity index (χ2n) is 12.3. The highest BCUT2D eigenvalue weighted by Gasteiger charge is 2.46. The molecule has 0 amide bonds. The molecule has 6 rings (SSSR count). The van der Waals surface area contributed by atoms with Crippen molar-refractivity contribution in [3.63, 3.8) is 0 Å². The lowest BCUT2D eigenvalue weighted by Crippen LogP contribution is -2.37. The number of nitrogens with zero attached hydrogens (tertiary/aromatic N) is 5. The molecule has 0 radical (unpaired) electrons. The van der Waals surface area contributed by atoms with Gasteiger partial charge in [-0.2, -0.15) is 21.6 Å². The number of carbonyl (C=O) groups is 1. The molecule has 0 saturated carbocycles. The van der Waals surface area contributed by atoms with Crippen LogP contribution in [-0.2, 0) is 26.0 Å². The fourth-order valence-electron chi connectivity index (χ4n) is 6.36. The van der Waals surface area contributed by atoms with Gasteiger partial charge in [0, 0.05) is 36.8 Å². The molecule has 0 aliphatic carbocycles. The predicted molar refractivity (Wildman–Crippen MR) is 181 cm³/mol. The van der Waals surface area contributed by atoms with Gasteiger partial charge in [0.1, 0.15) is 17.3 Å². The molecular formula is C34H35F5N6O6S. The summed E-state index contributed by atoms with van der Waals surface area (Å²) in [6.07, 6.45) is 2.43. The average Bonchev–Trinajstić information content (AvgIpc) is 3.11. The Balaban J connectivity index is 1.33. The summed E-state index contributed by atoms with van der Waals surface area (Å²) in [6, 6.07) is 8.01. The van der Waals surface area contributed by atoms with Gasteiger partial charge >= 0.3 is 21.5 Å². The molecule has 0 spiro atoms. The Bertz CT molecular complexity index is 2070. The number of piperidine rings is 1. The number of benzene rings is 2. The summed E-state index contributed by atoms with van der Waals surface area (Å²) in [6.45, 7) is 4.85. The molecule has 18 heteroatoms. The number of fused-ring (bicyclic) bond motifs is 1. The Labute approximate surface area is 296 Å². The Morgan fingerprint density at radius 1 is 1.04 bits per heavy atom.